The van der Waals surface area contributed by atoms with Crippen molar-refractivity contribution in [1.29, 1.82) is 5.26 Å². The second-order valence-electron chi connectivity index (χ2n) is 4.36. The van der Waals surface area contributed by atoms with E-state index in [2.05, 4.69) is 11.1 Å². The third-order valence-electron chi connectivity index (χ3n) is 3.15. The van der Waals surface area contributed by atoms with Gasteiger partial charge in [0.25, 0.3) is 0 Å². The van der Waals surface area contributed by atoms with Crippen LogP contribution in [0.5, 0.6) is 0 Å². The average Bonchev–Trinajstić information content (AvgIpc) is 2.56. The van der Waals surface area contributed by atoms with Gasteiger partial charge in [0.05, 0.1) is 0 Å². The van der Waals surface area contributed by atoms with Crippen LogP contribution in [0.1, 0.15) is 5.56 Å². The maximum atomic E-state index is 9.14. The number of pyridine rings is 2. The average molecular weight is 294 g/mol. The number of benzene rings is 1. The minimum atomic E-state index is 0. The van der Waals surface area contributed by atoms with E-state index in [0.717, 1.165) is 16.8 Å². The molecule has 0 unspecified atom stereocenters. The van der Waals surface area contributed by atoms with Gasteiger partial charge in [0.15, 0.2) is 12.4 Å². The molecule has 0 fully saturated rings. The van der Waals surface area contributed by atoms with Crippen LogP contribution in [-0.2, 0) is 0 Å². The topological polar surface area (TPSA) is 40.6 Å². The van der Waals surface area contributed by atoms with Crippen LogP contribution >= 0.6 is 0 Å². The van der Waals surface area contributed by atoms with Crippen LogP contribution in [0.15, 0.2) is 73.3 Å². The highest BCUT2D eigenvalue weighted by atomic mass is 35.5. The largest absolute Gasteiger partial charge is 1.00 e. The van der Waals surface area contributed by atoms with Crippen LogP contribution in [0.2, 0.25) is 0 Å². The molecule has 102 valence electrons. The van der Waals surface area contributed by atoms with Crippen LogP contribution in [0, 0.1) is 11.3 Å². The fourth-order valence-electron chi connectivity index (χ4n) is 2.12. The Labute approximate surface area is 129 Å². The molecule has 3 rings (SSSR count). The molecule has 0 saturated carbocycles. The number of hydrogen-bond acceptors (Lipinski definition) is 2. The van der Waals surface area contributed by atoms with Crippen LogP contribution in [0.25, 0.3) is 16.8 Å². The Hall–Kier alpha value is -2.70. The number of para-hydroxylation sites is 1. The summed E-state index contributed by atoms with van der Waals surface area (Å²) in [7, 11) is 0. The lowest BCUT2D eigenvalue weighted by molar-refractivity contribution is -0.595. The molecule has 0 amide bonds. The van der Waals surface area contributed by atoms with E-state index in [1.807, 2.05) is 65.5 Å². The zero-order valence-corrected chi connectivity index (χ0v) is 11.9. The van der Waals surface area contributed by atoms with Crippen molar-refractivity contribution in [3.63, 3.8) is 0 Å². The van der Waals surface area contributed by atoms with Crippen molar-refractivity contribution >= 4 is 0 Å². The highest BCUT2D eigenvalue weighted by Gasteiger charge is 2.11. The summed E-state index contributed by atoms with van der Waals surface area (Å²) >= 11 is 0. The van der Waals surface area contributed by atoms with E-state index in [1.165, 1.54) is 0 Å². The van der Waals surface area contributed by atoms with Crippen molar-refractivity contribution < 1.29 is 17.0 Å². The quantitative estimate of drug-likeness (QED) is 0.619. The zero-order valence-electron chi connectivity index (χ0n) is 11.1. The fraction of sp³-hybridized carbons (Fsp3) is 0. The Kier molecular flexibility index (Phi) is 4.65. The van der Waals surface area contributed by atoms with Gasteiger partial charge in [-0.3, -0.25) is 4.98 Å². The molecule has 1 aromatic carbocycles. The fourth-order valence-corrected chi connectivity index (χ4v) is 2.12. The molecule has 0 spiro atoms. The summed E-state index contributed by atoms with van der Waals surface area (Å²) in [6.07, 6.45) is 7.49. The van der Waals surface area contributed by atoms with Crippen LogP contribution < -0.4 is 17.0 Å². The monoisotopic (exact) mass is 293 g/mol. The van der Waals surface area contributed by atoms with Gasteiger partial charge in [-0.05, 0) is 29.3 Å². The van der Waals surface area contributed by atoms with Crippen molar-refractivity contribution in [3.8, 4) is 22.9 Å². The molecule has 4 heteroatoms. The van der Waals surface area contributed by atoms with Crippen molar-refractivity contribution in [1.82, 2.24) is 4.98 Å². The van der Waals surface area contributed by atoms with Crippen molar-refractivity contribution in [2.45, 2.75) is 0 Å². The van der Waals surface area contributed by atoms with Crippen molar-refractivity contribution in [2.75, 3.05) is 0 Å². The number of aromatic nitrogens is 2. The molecule has 0 atom stereocenters. The molecule has 2 aromatic heterocycles. The standard InChI is InChI=1S/C17H12N3.ClH/c18-13-16-3-1-2-4-17(16)20-11-7-15(8-12-20)14-5-9-19-10-6-14;/h1-12H;1H/q+1;/p-1. The van der Waals surface area contributed by atoms with Crippen molar-refractivity contribution in [2.24, 2.45) is 0 Å². The predicted octanol–water partition coefficient (Wildman–Crippen LogP) is -0.0990. The molecule has 0 bridgehead atoms. The van der Waals surface area contributed by atoms with E-state index in [1.54, 1.807) is 12.4 Å². The first-order chi connectivity index (χ1) is 9.88. The first-order valence-corrected chi connectivity index (χ1v) is 6.30. The molecular weight excluding hydrogens is 282 g/mol. The summed E-state index contributed by atoms with van der Waals surface area (Å²) in [6, 6.07) is 17.8. The van der Waals surface area contributed by atoms with Gasteiger partial charge in [-0.2, -0.15) is 9.83 Å². The smallest absolute Gasteiger partial charge is 0.228 e. The highest BCUT2D eigenvalue weighted by molar-refractivity contribution is 5.61. The van der Waals surface area contributed by atoms with Crippen molar-refractivity contribution in [3.05, 3.63) is 78.9 Å². The van der Waals surface area contributed by atoms with E-state index >= 15 is 0 Å². The third kappa shape index (κ3) is 3.07. The minimum absolute atomic E-state index is 0. The Balaban J connectivity index is 0.00000161. The summed E-state index contributed by atoms with van der Waals surface area (Å²) < 4.78 is 1.95. The van der Waals surface area contributed by atoms with E-state index in [9.17, 15) is 0 Å². The number of nitrogens with zero attached hydrogens (tertiary/aromatic N) is 3. The Bertz CT molecular complexity index is 762. The molecule has 3 nitrogen and oxygen atoms in total. The summed E-state index contributed by atoms with van der Waals surface area (Å²) in [4.78, 5) is 4.02. The second kappa shape index (κ2) is 6.65. The molecule has 0 aliphatic carbocycles. The normalized spacial score (nSPS) is 9.48. The van der Waals surface area contributed by atoms with Gasteiger partial charge in [0.2, 0.25) is 5.69 Å². The Morgan fingerprint density at radius 2 is 1.48 bits per heavy atom. The molecule has 21 heavy (non-hydrogen) atoms. The lowest BCUT2D eigenvalue weighted by Gasteiger charge is -2.01. The van der Waals surface area contributed by atoms with Crippen LogP contribution in [0.4, 0.5) is 0 Å². The maximum Gasteiger partial charge on any atom is 0.228 e. The number of nitriles is 1. The molecule has 2 heterocycles. The lowest BCUT2D eigenvalue weighted by atomic mass is 10.1. The van der Waals surface area contributed by atoms with Gasteiger partial charge in [0, 0.05) is 30.6 Å². The summed E-state index contributed by atoms with van der Waals surface area (Å²) in [5.41, 5.74) is 3.80. The molecule has 0 aliphatic heterocycles. The minimum Gasteiger partial charge on any atom is -1.00 e. The van der Waals surface area contributed by atoms with Gasteiger partial charge in [-0.15, -0.1) is 0 Å². The summed E-state index contributed by atoms with van der Waals surface area (Å²) in [5, 5.41) is 9.14. The first kappa shape index (κ1) is 14.7. The van der Waals surface area contributed by atoms with Gasteiger partial charge in [0.1, 0.15) is 11.6 Å². The van der Waals surface area contributed by atoms with Gasteiger partial charge < -0.3 is 12.4 Å². The zero-order chi connectivity index (χ0) is 13.8. The maximum absolute atomic E-state index is 9.14. The summed E-state index contributed by atoms with van der Waals surface area (Å²) in [6.45, 7) is 0. The van der Waals surface area contributed by atoms with E-state index in [-0.39, 0.29) is 12.4 Å². The van der Waals surface area contributed by atoms with Gasteiger partial charge >= 0.3 is 0 Å². The highest BCUT2D eigenvalue weighted by Crippen LogP contribution is 2.16. The third-order valence-corrected chi connectivity index (χ3v) is 3.15. The van der Waals surface area contributed by atoms with Gasteiger partial charge in [-0.1, -0.05) is 12.1 Å². The Morgan fingerprint density at radius 3 is 2.14 bits per heavy atom. The molecule has 0 radical (unpaired) electrons. The van der Waals surface area contributed by atoms with E-state index < -0.39 is 0 Å². The second-order valence-corrected chi connectivity index (χ2v) is 4.36. The molecular formula is C17H12ClN3. The van der Waals surface area contributed by atoms with E-state index in [0.29, 0.717) is 5.56 Å². The lowest BCUT2D eigenvalue weighted by Crippen LogP contribution is -3.00. The molecule has 0 aliphatic rings. The number of rotatable bonds is 2. The predicted molar refractivity (Wildman–Crippen MR) is 75.9 cm³/mol. The Morgan fingerprint density at radius 1 is 0.857 bits per heavy atom. The molecule has 0 saturated heterocycles. The van der Waals surface area contributed by atoms with Gasteiger partial charge in [-0.25, -0.2) is 0 Å². The summed E-state index contributed by atoms with van der Waals surface area (Å²) in [5.74, 6) is 0. The first-order valence-electron chi connectivity index (χ1n) is 6.30. The molecule has 3 aromatic rings. The van der Waals surface area contributed by atoms with Crippen LogP contribution in [-0.4, -0.2) is 4.98 Å². The molecule has 0 N–H and O–H groups in total. The van der Waals surface area contributed by atoms with Crippen LogP contribution in [0.3, 0.4) is 0 Å². The number of hydrogen-bond donors (Lipinski definition) is 0. The number of halogens is 1. The SMILES string of the molecule is N#Cc1ccccc1-[n+]1ccc(-c2ccncc2)cc1.[Cl-]. The van der Waals surface area contributed by atoms with E-state index in [4.69, 9.17) is 5.26 Å².